The fourth-order valence-corrected chi connectivity index (χ4v) is 2.97. The van der Waals surface area contributed by atoms with Crippen molar-refractivity contribution >= 4 is 34.0 Å². The number of hydrogen-bond donors (Lipinski definition) is 0. The van der Waals surface area contributed by atoms with Gasteiger partial charge in [-0.1, -0.05) is 23.9 Å². The highest BCUT2D eigenvalue weighted by atomic mass is 79.9. The summed E-state index contributed by atoms with van der Waals surface area (Å²) in [5.41, 5.74) is 0.664. The fraction of sp³-hybridized carbons (Fsp3) is 0.0714. The van der Waals surface area contributed by atoms with Crippen molar-refractivity contribution in [2.24, 2.45) is 0 Å². The summed E-state index contributed by atoms with van der Waals surface area (Å²) in [6, 6.07) is 13.4. The molecular formula is C14H11BrO2S. The number of methoxy groups -OCH3 is 1. The molecule has 0 amide bonds. The Morgan fingerprint density at radius 3 is 2.72 bits per heavy atom. The number of ether oxygens (including phenoxy) is 1. The van der Waals surface area contributed by atoms with Crippen molar-refractivity contribution in [3.63, 3.8) is 0 Å². The monoisotopic (exact) mass is 322 g/mol. The summed E-state index contributed by atoms with van der Waals surface area (Å²) in [5, 5.41) is 0. The van der Waals surface area contributed by atoms with Crippen molar-refractivity contribution in [2.45, 2.75) is 9.79 Å². The SMILES string of the molecule is COc1cccc(Sc2ccc(C=O)cc2Br)c1. The first-order valence-electron chi connectivity index (χ1n) is 5.29. The smallest absolute Gasteiger partial charge is 0.150 e. The van der Waals surface area contributed by atoms with Gasteiger partial charge < -0.3 is 4.74 Å². The second kappa shape index (κ2) is 6.07. The van der Waals surface area contributed by atoms with Crippen LogP contribution in [0.2, 0.25) is 0 Å². The number of aldehydes is 1. The van der Waals surface area contributed by atoms with Gasteiger partial charge in [-0.15, -0.1) is 0 Å². The summed E-state index contributed by atoms with van der Waals surface area (Å²) in [5.74, 6) is 0.834. The summed E-state index contributed by atoms with van der Waals surface area (Å²) in [6.07, 6.45) is 0.838. The summed E-state index contributed by atoms with van der Waals surface area (Å²) in [7, 11) is 1.65. The maximum atomic E-state index is 10.7. The van der Waals surface area contributed by atoms with E-state index in [-0.39, 0.29) is 0 Å². The predicted molar refractivity (Wildman–Crippen MR) is 76.6 cm³/mol. The van der Waals surface area contributed by atoms with E-state index >= 15 is 0 Å². The van der Waals surface area contributed by atoms with Gasteiger partial charge in [-0.2, -0.15) is 0 Å². The van der Waals surface area contributed by atoms with Gasteiger partial charge in [0, 0.05) is 19.8 Å². The minimum absolute atomic E-state index is 0.664. The van der Waals surface area contributed by atoms with Crippen molar-refractivity contribution in [1.29, 1.82) is 0 Å². The van der Waals surface area contributed by atoms with E-state index in [2.05, 4.69) is 15.9 Å². The van der Waals surface area contributed by atoms with Crippen LogP contribution >= 0.6 is 27.7 Å². The molecule has 0 heterocycles. The Labute approximate surface area is 118 Å². The molecule has 0 aliphatic heterocycles. The van der Waals surface area contributed by atoms with E-state index in [0.717, 1.165) is 26.3 Å². The maximum Gasteiger partial charge on any atom is 0.150 e. The lowest BCUT2D eigenvalue weighted by atomic mass is 10.2. The van der Waals surface area contributed by atoms with E-state index < -0.39 is 0 Å². The molecular weight excluding hydrogens is 312 g/mol. The number of carbonyl (C=O) groups is 1. The van der Waals surface area contributed by atoms with Gasteiger partial charge in [0.05, 0.1) is 7.11 Å². The average Bonchev–Trinajstić information content (AvgIpc) is 2.41. The molecule has 0 unspecified atom stereocenters. The molecule has 0 fully saturated rings. The lowest BCUT2D eigenvalue weighted by Gasteiger charge is -2.06. The molecule has 0 aromatic heterocycles. The second-order valence-electron chi connectivity index (χ2n) is 3.59. The van der Waals surface area contributed by atoms with Crippen LogP contribution in [0.15, 0.2) is 56.7 Å². The molecule has 0 saturated carbocycles. The van der Waals surface area contributed by atoms with E-state index in [4.69, 9.17) is 4.74 Å². The third-order valence-corrected chi connectivity index (χ3v) is 4.35. The zero-order chi connectivity index (χ0) is 13.0. The summed E-state index contributed by atoms with van der Waals surface area (Å²) < 4.78 is 6.10. The molecule has 0 spiro atoms. The molecule has 2 aromatic rings. The van der Waals surface area contributed by atoms with Crippen LogP contribution in [0.4, 0.5) is 0 Å². The van der Waals surface area contributed by atoms with Crippen molar-refractivity contribution in [2.75, 3.05) is 7.11 Å². The molecule has 0 saturated heterocycles. The van der Waals surface area contributed by atoms with Crippen LogP contribution < -0.4 is 4.74 Å². The first-order valence-corrected chi connectivity index (χ1v) is 6.90. The fourth-order valence-electron chi connectivity index (χ4n) is 1.46. The summed E-state index contributed by atoms with van der Waals surface area (Å²) >= 11 is 5.09. The molecule has 92 valence electrons. The molecule has 2 rings (SSSR count). The van der Waals surface area contributed by atoms with Gasteiger partial charge in [-0.05, 0) is 46.3 Å². The van der Waals surface area contributed by atoms with E-state index in [1.807, 2.05) is 36.4 Å². The van der Waals surface area contributed by atoms with Gasteiger partial charge in [0.2, 0.25) is 0 Å². The third-order valence-electron chi connectivity index (χ3n) is 2.36. The molecule has 0 aliphatic rings. The first kappa shape index (κ1) is 13.2. The minimum Gasteiger partial charge on any atom is -0.497 e. The van der Waals surface area contributed by atoms with Crippen LogP contribution in [-0.2, 0) is 0 Å². The highest BCUT2D eigenvalue weighted by Gasteiger charge is 2.04. The summed E-state index contributed by atoms with van der Waals surface area (Å²) in [6.45, 7) is 0. The Bertz CT molecular complexity index is 569. The van der Waals surface area contributed by atoms with Gasteiger partial charge in [0.25, 0.3) is 0 Å². The van der Waals surface area contributed by atoms with Crippen molar-refractivity contribution in [3.8, 4) is 5.75 Å². The van der Waals surface area contributed by atoms with Gasteiger partial charge in [0.1, 0.15) is 12.0 Å². The zero-order valence-electron chi connectivity index (χ0n) is 9.72. The number of hydrogen-bond acceptors (Lipinski definition) is 3. The minimum atomic E-state index is 0.664. The van der Waals surface area contributed by atoms with Gasteiger partial charge in [0.15, 0.2) is 0 Å². The second-order valence-corrected chi connectivity index (χ2v) is 5.56. The Kier molecular flexibility index (Phi) is 4.44. The van der Waals surface area contributed by atoms with E-state index in [9.17, 15) is 4.79 Å². The maximum absolute atomic E-state index is 10.7. The Morgan fingerprint density at radius 1 is 1.22 bits per heavy atom. The topological polar surface area (TPSA) is 26.3 Å². The van der Waals surface area contributed by atoms with E-state index in [0.29, 0.717) is 5.56 Å². The van der Waals surface area contributed by atoms with Crippen LogP contribution in [0, 0.1) is 0 Å². The van der Waals surface area contributed by atoms with E-state index in [1.165, 1.54) is 0 Å². The van der Waals surface area contributed by atoms with Crippen LogP contribution in [0.25, 0.3) is 0 Å². The van der Waals surface area contributed by atoms with Crippen LogP contribution in [0.1, 0.15) is 10.4 Å². The Hall–Kier alpha value is -1.26. The molecule has 2 aromatic carbocycles. The normalized spacial score (nSPS) is 10.1. The average molecular weight is 323 g/mol. The summed E-state index contributed by atoms with van der Waals surface area (Å²) in [4.78, 5) is 12.8. The highest BCUT2D eigenvalue weighted by Crippen LogP contribution is 2.35. The van der Waals surface area contributed by atoms with E-state index in [1.54, 1.807) is 24.9 Å². The molecule has 0 radical (unpaired) electrons. The number of benzene rings is 2. The van der Waals surface area contributed by atoms with Crippen LogP contribution in [0.5, 0.6) is 5.75 Å². The molecule has 2 nitrogen and oxygen atoms in total. The predicted octanol–water partition coefficient (Wildman–Crippen LogP) is 4.42. The molecule has 0 bridgehead atoms. The quantitative estimate of drug-likeness (QED) is 0.779. The molecule has 0 atom stereocenters. The van der Waals surface area contributed by atoms with Crippen molar-refractivity contribution in [3.05, 3.63) is 52.5 Å². The molecule has 4 heteroatoms. The lowest BCUT2D eigenvalue weighted by molar-refractivity contribution is 0.112. The number of carbonyl (C=O) groups excluding carboxylic acids is 1. The van der Waals surface area contributed by atoms with Gasteiger partial charge >= 0.3 is 0 Å². The van der Waals surface area contributed by atoms with Gasteiger partial charge in [-0.25, -0.2) is 0 Å². The largest absolute Gasteiger partial charge is 0.497 e. The third kappa shape index (κ3) is 3.15. The van der Waals surface area contributed by atoms with Crippen LogP contribution in [0.3, 0.4) is 0 Å². The number of halogens is 1. The molecule has 0 aliphatic carbocycles. The van der Waals surface area contributed by atoms with Gasteiger partial charge in [-0.3, -0.25) is 4.79 Å². The molecule has 18 heavy (non-hydrogen) atoms. The standard InChI is InChI=1S/C14H11BrO2S/c1-17-11-3-2-4-12(8-11)18-14-6-5-10(9-16)7-13(14)15/h2-9H,1H3. The number of rotatable bonds is 4. The van der Waals surface area contributed by atoms with Crippen molar-refractivity contribution < 1.29 is 9.53 Å². The first-order chi connectivity index (χ1) is 8.72. The molecule has 0 N–H and O–H groups in total. The van der Waals surface area contributed by atoms with Crippen molar-refractivity contribution in [1.82, 2.24) is 0 Å². The Balaban J connectivity index is 2.25. The Morgan fingerprint density at radius 2 is 2.06 bits per heavy atom. The van der Waals surface area contributed by atoms with Crippen LogP contribution in [-0.4, -0.2) is 13.4 Å². The highest BCUT2D eigenvalue weighted by molar-refractivity contribution is 9.10. The lowest BCUT2D eigenvalue weighted by Crippen LogP contribution is -1.84. The zero-order valence-corrected chi connectivity index (χ0v) is 12.1.